The van der Waals surface area contributed by atoms with Gasteiger partial charge in [0.15, 0.2) is 0 Å². The minimum Gasteiger partial charge on any atom is -0.339 e. The van der Waals surface area contributed by atoms with Crippen LogP contribution in [0, 0.1) is 0 Å². The van der Waals surface area contributed by atoms with Gasteiger partial charge in [0, 0.05) is 12.6 Å². The first-order valence-corrected chi connectivity index (χ1v) is 6.00. The van der Waals surface area contributed by atoms with E-state index < -0.39 is 5.54 Å². The first-order valence-electron chi connectivity index (χ1n) is 6.00. The number of nitrogens with zero attached hydrogens (tertiary/aromatic N) is 1. The fraction of sp³-hybridized carbons (Fsp3) is 0.917. The van der Waals surface area contributed by atoms with Crippen LogP contribution in [0.4, 0.5) is 0 Å². The molecule has 0 aromatic heterocycles. The number of rotatable bonds is 6. The second-order valence-electron chi connectivity index (χ2n) is 4.52. The summed E-state index contributed by atoms with van der Waals surface area (Å²) in [5.74, 6) is 0.0844. The van der Waals surface area contributed by atoms with Crippen molar-refractivity contribution in [3.63, 3.8) is 0 Å². The van der Waals surface area contributed by atoms with Crippen LogP contribution in [0.3, 0.4) is 0 Å². The van der Waals surface area contributed by atoms with Gasteiger partial charge < -0.3 is 10.6 Å². The van der Waals surface area contributed by atoms with Gasteiger partial charge in [-0.15, -0.1) is 0 Å². The molecule has 0 spiro atoms. The highest BCUT2D eigenvalue weighted by molar-refractivity contribution is 5.85. The van der Waals surface area contributed by atoms with Gasteiger partial charge in [0.05, 0.1) is 5.54 Å². The predicted molar refractivity (Wildman–Crippen MR) is 64.6 cm³/mol. The molecule has 15 heavy (non-hydrogen) atoms. The molecule has 0 rings (SSSR count). The molecule has 2 unspecified atom stereocenters. The molecule has 3 nitrogen and oxygen atoms in total. The van der Waals surface area contributed by atoms with Crippen LogP contribution in [0.1, 0.15) is 53.9 Å². The smallest absolute Gasteiger partial charge is 0.242 e. The standard InChI is InChI=1S/C12H26N2O/c1-6-9-12(5,13)11(15)14(8-3)10(4)7-2/h10H,6-9,13H2,1-5H3. The number of hydrogen-bond acceptors (Lipinski definition) is 2. The minimum absolute atomic E-state index is 0.0844. The van der Waals surface area contributed by atoms with E-state index in [0.29, 0.717) is 0 Å². The van der Waals surface area contributed by atoms with Crippen LogP contribution >= 0.6 is 0 Å². The summed E-state index contributed by atoms with van der Waals surface area (Å²) in [5, 5.41) is 0. The number of amides is 1. The van der Waals surface area contributed by atoms with E-state index >= 15 is 0 Å². The van der Waals surface area contributed by atoms with Gasteiger partial charge in [-0.3, -0.25) is 4.79 Å². The predicted octanol–water partition coefficient (Wildman–Crippen LogP) is 2.15. The monoisotopic (exact) mass is 214 g/mol. The maximum Gasteiger partial charge on any atom is 0.242 e. The summed E-state index contributed by atoms with van der Waals surface area (Å²) in [5.41, 5.74) is 5.35. The lowest BCUT2D eigenvalue weighted by molar-refractivity contribution is -0.138. The molecule has 0 fully saturated rings. The van der Waals surface area contributed by atoms with E-state index in [1.807, 2.05) is 18.7 Å². The summed E-state index contributed by atoms with van der Waals surface area (Å²) in [4.78, 5) is 14.1. The summed E-state index contributed by atoms with van der Waals surface area (Å²) < 4.78 is 0. The molecule has 2 N–H and O–H groups in total. The molecule has 0 heterocycles. The highest BCUT2D eigenvalue weighted by Crippen LogP contribution is 2.15. The van der Waals surface area contributed by atoms with E-state index in [4.69, 9.17) is 5.73 Å². The Kier molecular flexibility index (Phi) is 5.88. The van der Waals surface area contributed by atoms with Crippen molar-refractivity contribution in [2.24, 2.45) is 5.73 Å². The summed E-state index contributed by atoms with van der Waals surface area (Å²) in [7, 11) is 0. The lowest BCUT2D eigenvalue weighted by Crippen LogP contribution is -2.55. The topological polar surface area (TPSA) is 46.3 Å². The van der Waals surface area contributed by atoms with Gasteiger partial charge in [-0.05, 0) is 33.6 Å². The van der Waals surface area contributed by atoms with Gasteiger partial charge in [-0.25, -0.2) is 0 Å². The normalized spacial score (nSPS) is 16.9. The highest BCUT2D eigenvalue weighted by Gasteiger charge is 2.32. The van der Waals surface area contributed by atoms with E-state index in [-0.39, 0.29) is 11.9 Å². The number of hydrogen-bond donors (Lipinski definition) is 1. The van der Waals surface area contributed by atoms with Crippen LogP contribution in [0.2, 0.25) is 0 Å². The maximum absolute atomic E-state index is 12.2. The fourth-order valence-corrected chi connectivity index (χ4v) is 1.83. The Labute approximate surface area is 94.0 Å². The molecule has 0 aromatic carbocycles. The molecule has 0 aliphatic heterocycles. The van der Waals surface area contributed by atoms with Crippen LogP contribution in [0.5, 0.6) is 0 Å². The van der Waals surface area contributed by atoms with E-state index in [9.17, 15) is 4.79 Å². The third-order valence-electron chi connectivity index (χ3n) is 2.98. The Bertz CT molecular complexity index is 202. The number of likely N-dealkylation sites (N-methyl/N-ethyl adjacent to an activating group) is 1. The molecule has 0 aromatic rings. The zero-order chi connectivity index (χ0) is 12.1. The van der Waals surface area contributed by atoms with Crippen LogP contribution < -0.4 is 5.73 Å². The Morgan fingerprint density at radius 2 is 1.93 bits per heavy atom. The molecule has 3 heteroatoms. The van der Waals surface area contributed by atoms with Gasteiger partial charge in [0.1, 0.15) is 0 Å². The fourth-order valence-electron chi connectivity index (χ4n) is 1.83. The number of carbonyl (C=O) groups is 1. The van der Waals surface area contributed by atoms with Gasteiger partial charge in [-0.2, -0.15) is 0 Å². The van der Waals surface area contributed by atoms with E-state index in [1.165, 1.54) is 0 Å². The van der Waals surface area contributed by atoms with Crippen LogP contribution in [0.25, 0.3) is 0 Å². The Balaban J connectivity index is 4.64. The molecule has 0 bridgehead atoms. The molecule has 0 radical (unpaired) electrons. The van der Waals surface area contributed by atoms with Crippen molar-refractivity contribution in [3.8, 4) is 0 Å². The largest absolute Gasteiger partial charge is 0.339 e. The molecule has 0 aliphatic carbocycles. The Morgan fingerprint density at radius 1 is 1.40 bits per heavy atom. The van der Waals surface area contributed by atoms with E-state index in [1.54, 1.807) is 0 Å². The third-order valence-corrected chi connectivity index (χ3v) is 2.98. The second-order valence-corrected chi connectivity index (χ2v) is 4.52. The van der Waals surface area contributed by atoms with Crippen molar-refractivity contribution >= 4 is 5.91 Å². The molecule has 0 saturated heterocycles. The van der Waals surface area contributed by atoms with E-state index in [0.717, 1.165) is 25.8 Å². The molecule has 90 valence electrons. The molecule has 1 amide bonds. The second kappa shape index (κ2) is 6.11. The van der Waals surface area contributed by atoms with Crippen LogP contribution in [-0.2, 0) is 4.79 Å². The first kappa shape index (κ1) is 14.4. The average Bonchev–Trinajstić information content (AvgIpc) is 2.18. The van der Waals surface area contributed by atoms with E-state index in [2.05, 4.69) is 20.8 Å². The summed E-state index contributed by atoms with van der Waals surface area (Å²) in [6.45, 7) is 10.8. The van der Waals surface area contributed by atoms with Crippen molar-refractivity contribution in [2.75, 3.05) is 6.54 Å². The molecular weight excluding hydrogens is 188 g/mol. The van der Waals surface area contributed by atoms with Gasteiger partial charge in [0.25, 0.3) is 0 Å². The van der Waals surface area contributed by atoms with Gasteiger partial charge in [-0.1, -0.05) is 20.3 Å². The summed E-state index contributed by atoms with van der Waals surface area (Å²) >= 11 is 0. The van der Waals surface area contributed by atoms with Crippen molar-refractivity contribution in [1.82, 2.24) is 4.90 Å². The van der Waals surface area contributed by atoms with Crippen LogP contribution in [-0.4, -0.2) is 28.9 Å². The van der Waals surface area contributed by atoms with Crippen molar-refractivity contribution in [1.29, 1.82) is 0 Å². The summed E-state index contributed by atoms with van der Waals surface area (Å²) in [6, 6.07) is 0.280. The molecule has 0 saturated carbocycles. The first-order chi connectivity index (χ1) is 6.90. The van der Waals surface area contributed by atoms with Crippen molar-refractivity contribution < 1.29 is 4.79 Å². The Morgan fingerprint density at radius 3 is 2.27 bits per heavy atom. The van der Waals surface area contributed by atoms with Gasteiger partial charge >= 0.3 is 0 Å². The highest BCUT2D eigenvalue weighted by atomic mass is 16.2. The zero-order valence-electron chi connectivity index (χ0n) is 10.8. The van der Waals surface area contributed by atoms with Crippen molar-refractivity contribution in [2.45, 2.75) is 65.5 Å². The maximum atomic E-state index is 12.2. The number of carbonyl (C=O) groups excluding carboxylic acids is 1. The van der Waals surface area contributed by atoms with Crippen LogP contribution in [0.15, 0.2) is 0 Å². The lowest BCUT2D eigenvalue weighted by atomic mass is 9.95. The lowest BCUT2D eigenvalue weighted by Gasteiger charge is -2.34. The average molecular weight is 214 g/mol. The Hall–Kier alpha value is -0.570. The molecular formula is C12H26N2O. The van der Waals surface area contributed by atoms with Gasteiger partial charge in [0.2, 0.25) is 5.91 Å². The minimum atomic E-state index is -0.700. The third kappa shape index (κ3) is 3.82. The summed E-state index contributed by atoms with van der Waals surface area (Å²) in [6.07, 6.45) is 2.66. The quantitative estimate of drug-likeness (QED) is 0.736. The number of nitrogens with two attached hydrogens (primary N) is 1. The van der Waals surface area contributed by atoms with Crippen molar-refractivity contribution in [3.05, 3.63) is 0 Å². The molecule has 2 atom stereocenters. The SMILES string of the molecule is CCCC(C)(N)C(=O)N(CC)C(C)CC. The molecule has 0 aliphatic rings. The zero-order valence-corrected chi connectivity index (χ0v) is 10.8.